The largest absolute Gasteiger partial charge is 0.398 e. The number of halogens is 1. The smallest absolute Gasteiger partial charge is 0.181 e. The van der Waals surface area contributed by atoms with Crippen molar-refractivity contribution in [1.82, 2.24) is 15.2 Å². The van der Waals surface area contributed by atoms with Gasteiger partial charge in [-0.25, -0.2) is 4.98 Å². The standard InChI is InChI=1S/C16H15ClN4/c17-13-8-7-12(10-14(13)18)16-19-15(20-21-16)9-6-11-4-2-1-3-5-11/h1-5,7-8,10H,6,9,18H2,(H,19,20,21). The number of aromatic nitrogens is 3. The highest BCUT2D eigenvalue weighted by molar-refractivity contribution is 6.33. The zero-order valence-electron chi connectivity index (χ0n) is 11.4. The quantitative estimate of drug-likeness (QED) is 0.724. The molecular formula is C16H15ClN4. The van der Waals surface area contributed by atoms with Gasteiger partial charge in [0, 0.05) is 12.0 Å². The van der Waals surface area contributed by atoms with Gasteiger partial charge in [-0.05, 0) is 30.2 Å². The van der Waals surface area contributed by atoms with E-state index < -0.39 is 0 Å². The number of nitrogen functional groups attached to an aromatic ring is 1. The number of hydrogen-bond donors (Lipinski definition) is 2. The Bertz CT molecular complexity index is 737. The molecule has 3 aromatic rings. The van der Waals surface area contributed by atoms with Gasteiger partial charge < -0.3 is 5.73 Å². The Hall–Kier alpha value is -2.33. The summed E-state index contributed by atoms with van der Waals surface area (Å²) in [7, 11) is 0. The third-order valence-electron chi connectivity index (χ3n) is 3.28. The molecule has 0 saturated carbocycles. The predicted molar refractivity (Wildman–Crippen MR) is 85.1 cm³/mol. The van der Waals surface area contributed by atoms with Gasteiger partial charge in [-0.2, -0.15) is 5.10 Å². The van der Waals surface area contributed by atoms with E-state index in [0.717, 1.165) is 24.2 Å². The van der Waals surface area contributed by atoms with E-state index in [0.29, 0.717) is 16.5 Å². The van der Waals surface area contributed by atoms with E-state index in [1.165, 1.54) is 5.56 Å². The summed E-state index contributed by atoms with van der Waals surface area (Å²) >= 11 is 5.92. The Morgan fingerprint density at radius 1 is 1.05 bits per heavy atom. The van der Waals surface area contributed by atoms with Crippen molar-refractivity contribution in [3.8, 4) is 11.4 Å². The predicted octanol–water partition coefficient (Wildman–Crippen LogP) is 3.49. The molecule has 0 radical (unpaired) electrons. The van der Waals surface area contributed by atoms with E-state index in [1.807, 2.05) is 24.3 Å². The van der Waals surface area contributed by atoms with Crippen molar-refractivity contribution in [2.75, 3.05) is 5.73 Å². The van der Waals surface area contributed by atoms with Gasteiger partial charge >= 0.3 is 0 Å². The van der Waals surface area contributed by atoms with E-state index in [1.54, 1.807) is 12.1 Å². The van der Waals surface area contributed by atoms with E-state index >= 15 is 0 Å². The van der Waals surface area contributed by atoms with Crippen LogP contribution >= 0.6 is 11.6 Å². The lowest BCUT2D eigenvalue weighted by atomic mass is 10.1. The molecule has 21 heavy (non-hydrogen) atoms. The van der Waals surface area contributed by atoms with Crippen molar-refractivity contribution in [1.29, 1.82) is 0 Å². The van der Waals surface area contributed by atoms with Crippen molar-refractivity contribution < 1.29 is 0 Å². The first-order valence-corrected chi connectivity index (χ1v) is 7.11. The Labute approximate surface area is 128 Å². The highest BCUT2D eigenvalue weighted by Gasteiger charge is 2.07. The fourth-order valence-corrected chi connectivity index (χ4v) is 2.24. The zero-order valence-corrected chi connectivity index (χ0v) is 12.1. The van der Waals surface area contributed by atoms with Crippen LogP contribution in [0.4, 0.5) is 5.69 Å². The van der Waals surface area contributed by atoms with Crippen molar-refractivity contribution in [2.45, 2.75) is 12.8 Å². The molecule has 0 unspecified atom stereocenters. The molecule has 5 heteroatoms. The number of aromatic amines is 1. The van der Waals surface area contributed by atoms with E-state index in [2.05, 4.69) is 27.3 Å². The summed E-state index contributed by atoms with van der Waals surface area (Å²) in [5.74, 6) is 1.50. The number of nitrogens with zero attached hydrogens (tertiary/aromatic N) is 2. The lowest BCUT2D eigenvalue weighted by Gasteiger charge is -2.00. The minimum Gasteiger partial charge on any atom is -0.398 e. The van der Waals surface area contributed by atoms with Crippen LogP contribution in [-0.2, 0) is 12.8 Å². The minimum absolute atomic E-state index is 0.532. The van der Waals surface area contributed by atoms with E-state index in [-0.39, 0.29) is 0 Å². The van der Waals surface area contributed by atoms with Crippen molar-refractivity contribution in [3.63, 3.8) is 0 Å². The molecule has 0 aliphatic carbocycles. The average Bonchev–Trinajstić information content (AvgIpc) is 2.98. The van der Waals surface area contributed by atoms with Gasteiger partial charge in [0.2, 0.25) is 0 Å². The third kappa shape index (κ3) is 3.23. The van der Waals surface area contributed by atoms with Crippen LogP contribution in [0.15, 0.2) is 48.5 Å². The number of anilines is 1. The molecule has 0 bridgehead atoms. The first-order valence-electron chi connectivity index (χ1n) is 6.73. The van der Waals surface area contributed by atoms with Gasteiger partial charge in [-0.1, -0.05) is 41.9 Å². The number of rotatable bonds is 4. The van der Waals surface area contributed by atoms with Crippen LogP contribution in [0.2, 0.25) is 5.02 Å². The fraction of sp³-hybridized carbons (Fsp3) is 0.125. The normalized spacial score (nSPS) is 10.7. The molecule has 3 N–H and O–H groups in total. The summed E-state index contributed by atoms with van der Waals surface area (Å²) in [6, 6.07) is 15.7. The summed E-state index contributed by atoms with van der Waals surface area (Å²) in [4.78, 5) is 4.50. The van der Waals surface area contributed by atoms with Crippen molar-refractivity contribution >= 4 is 17.3 Å². The van der Waals surface area contributed by atoms with Crippen LogP contribution < -0.4 is 5.73 Å². The lowest BCUT2D eigenvalue weighted by molar-refractivity contribution is 0.865. The molecule has 3 rings (SSSR count). The summed E-state index contributed by atoms with van der Waals surface area (Å²) in [5.41, 5.74) is 8.48. The van der Waals surface area contributed by atoms with Gasteiger partial charge in [0.1, 0.15) is 5.82 Å². The Balaban J connectivity index is 1.72. The summed E-state index contributed by atoms with van der Waals surface area (Å²) in [6.07, 6.45) is 1.75. The van der Waals surface area contributed by atoms with E-state index in [4.69, 9.17) is 17.3 Å². The number of hydrogen-bond acceptors (Lipinski definition) is 3. The summed E-state index contributed by atoms with van der Waals surface area (Å²) in [6.45, 7) is 0. The SMILES string of the molecule is Nc1cc(-c2n[nH]c(CCc3ccccc3)n2)ccc1Cl. The maximum Gasteiger partial charge on any atom is 0.181 e. The van der Waals surface area contributed by atoms with Crippen LogP contribution in [0, 0.1) is 0 Å². The first-order chi connectivity index (χ1) is 10.2. The topological polar surface area (TPSA) is 67.6 Å². The molecule has 0 saturated heterocycles. The second-order valence-electron chi connectivity index (χ2n) is 4.83. The number of nitrogens with one attached hydrogen (secondary N) is 1. The molecule has 106 valence electrons. The molecule has 0 aliphatic heterocycles. The Morgan fingerprint density at radius 3 is 2.62 bits per heavy atom. The van der Waals surface area contributed by atoms with Gasteiger partial charge in [-0.15, -0.1) is 0 Å². The number of nitrogens with two attached hydrogens (primary N) is 1. The number of aryl methyl sites for hydroxylation is 2. The molecule has 0 amide bonds. The summed E-state index contributed by atoms with van der Waals surface area (Å²) < 4.78 is 0. The maximum absolute atomic E-state index is 5.92. The molecular weight excluding hydrogens is 284 g/mol. The fourth-order valence-electron chi connectivity index (χ4n) is 2.13. The Morgan fingerprint density at radius 2 is 1.86 bits per heavy atom. The molecule has 1 heterocycles. The average molecular weight is 299 g/mol. The maximum atomic E-state index is 5.92. The first kappa shape index (κ1) is 13.6. The third-order valence-corrected chi connectivity index (χ3v) is 3.62. The highest BCUT2D eigenvalue weighted by Crippen LogP contribution is 2.24. The molecule has 0 fully saturated rings. The zero-order chi connectivity index (χ0) is 14.7. The van der Waals surface area contributed by atoms with E-state index in [9.17, 15) is 0 Å². The molecule has 0 spiro atoms. The second kappa shape index (κ2) is 5.97. The molecule has 0 aliphatic rings. The van der Waals surface area contributed by atoms with Gasteiger partial charge in [0.25, 0.3) is 0 Å². The van der Waals surface area contributed by atoms with Crippen LogP contribution in [0.25, 0.3) is 11.4 Å². The lowest BCUT2D eigenvalue weighted by Crippen LogP contribution is -1.93. The van der Waals surface area contributed by atoms with Gasteiger partial charge in [0.15, 0.2) is 5.82 Å². The second-order valence-corrected chi connectivity index (χ2v) is 5.23. The molecule has 1 aromatic heterocycles. The van der Waals surface area contributed by atoms with Gasteiger partial charge in [0.05, 0.1) is 10.7 Å². The molecule has 0 atom stereocenters. The molecule has 4 nitrogen and oxygen atoms in total. The molecule has 2 aromatic carbocycles. The van der Waals surface area contributed by atoms with Gasteiger partial charge in [-0.3, -0.25) is 5.10 Å². The summed E-state index contributed by atoms with van der Waals surface area (Å²) in [5, 5.41) is 7.75. The monoisotopic (exact) mass is 298 g/mol. The Kier molecular flexibility index (Phi) is 3.88. The number of H-pyrrole nitrogens is 1. The number of benzene rings is 2. The minimum atomic E-state index is 0.532. The van der Waals surface area contributed by atoms with Crippen LogP contribution in [0.5, 0.6) is 0 Å². The van der Waals surface area contributed by atoms with Crippen molar-refractivity contribution in [3.05, 3.63) is 64.9 Å². The van der Waals surface area contributed by atoms with Crippen molar-refractivity contribution in [2.24, 2.45) is 0 Å². The van der Waals surface area contributed by atoms with Crippen LogP contribution in [0.1, 0.15) is 11.4 Å². The highest BCUT2D eigenvalue weighted by atomic mass is 35.5. The van der Waals surface area contributed by atoms with Crippen LogP contribution in [0.3, 0.4) is 0 Å². The van der Waals surface area contributed by atoms with Crippen LogP contribution in [-0.4, -0.2) is 15.2 Å².